The van der Waals surface area contributed by atoms with Gasteiger partial charge in [-0.15, -0.1) is 0 Å². The molecule has 0 radical (unpaired) electrons. The first-order valence-corrected chi connectivity index (χ1v) is 7.74. The summed E-state index contributed by atoms with van der Waals surface area (Å²) in [5.74, 6) is 0.496. The predicted octanol–water partition coefficient (Wildman–Crippen LogP) is 3.72. The fraction of sp³-hybridized carbons (Fsp3) is 0.375. The third-order valence-electron chi connectivity index (χ3n) is 2.55. The van der Waals surface area contributed by atoms with Crippen molar-refractivity contribution < 1.29 is 19.0 Å². The molecule has 0 fully saturated rings. The van der Waals surface area contributed by atoms with Gasteiger partial charge in [0, 0.05) is 0 Å². The van der Waals surface area contributed by atoms with Crippen LogP contribution in [0, 0.1) is 11.3 Å². The number of carbonyl (C=O) groups excluding carboxylic acids is 1. The Labute approximate surface area is 138 Å². The summed E-state index contributed by atoms with van der Waals surface area (Å²) in [5.41, 5.74) is 0.573. The van der Waals surface area contributed by atoms with Crippen molar-refractivity contribution in [3.63, 3.8) is 0 Å². The van der Waals surface area contributed by atoms with Crippen molar-refractivity contribution in [3.8, 4) is 17.6 Å². The molecular weight excluding hydrogens is 350 g/mol. The summed E-state index contributed by atoms with van der Waals surface area (Å²) in [6, 6.07) is 5.32. The van der Waals surface area contributed by atoms with Crippen LogP contribution in [0.1, 0.15) is 26.3 Å². The minimum Gasteiger partial charge on any atom is -0.490 e. The highest BCUT2D eigenvalue weighted by molar-refractivity contribution is 9.10. The number of hydrogen-bond donors (Lipinski definition) is 0. The maximum atomic E-state index is 11.7. The summed E-state index contributed by atoms with van der Waals surface area (Å²) >= 11 is 3.42. The molecule has 0 saturated heterocycles. The number of benzene rings is 1. The lowest BCUT2D eigenvalue weighted by molar-refractivity contribution is -0.137. The van der Waals surface area contributed by atoms with Crippen LogP contribution in [-0.4, -0.2) is 25.8 Å². The molecule has 0 spiro atoms. The van der Waals surface area contributed by atoms with Crippen LogP contribution >= 0.6 is 15.9 Å². The third kappa shape index (κ3) is 4.78. The van der Waals surface area contributed by atoms with Crippen LogP contribution in [0.15, 0.2) is 22.2 Å². The van der Waals surface area contributed by atoms with Crippen molar-refractivity contribution in [1.29, 1.82) is 5.26 Å². The molecule has 1 aromatic rings. The molecule has 0 atom stereocenters. The molecule has 0 saturated carbocycles. The van der Waals surface area contributed by atoms with Gasteiger partial charge >= 0.3 is 5.97 Å². The van der Waals surface area contributed by atoms with E-state index in [0.717, 1.165) is 0 Å². The summed E-state index contributed by atoms with van der Waals surface area (Å²) in [5, 5.41) is 9.08. The van der Waals surface area contributed by atoms with E-state index in [4.69, 9.17) is 19.5 Å². The molecule has 5 nitrogen and oxygen atoms in total. The number of carbonyl (C=O) groups is 1. The fourth-order valence-electron chi connectivity index (χ4n) is 1.73. The molecule has 0 aliphatic rings. The average molecular weight is 368 g/mol. The highest BCUT2D eigenvalue weighted by Crippen LogP contribution is 2.37. The first-order chi connectivity index (χ1) is 10.6. The molecule has 0 amide bonds. The van der Waals surface area contributed by atoms with Crippen molar-refractivity contribution in [2.75, 3.05) is 19.8 Å². The third-order valence-corrected chi connectivity index (χ3v) is 3.14. The van der Waals surface area contributed by atoms with Crippen molar-refractivity contribution >= 4 is 28.0 Å². The Kier molecular flexibility index (Phi) is 7.47. The van der Waals surface area contributed by atoms with Crippen LogP contribution in [0.4, 0.5) is 0 Å². The molecule has 1 rings (SSSR count). The topological polar surface area (TPSA) is 68.6 Å². The Morgan fingerprint density at radius 2 is 1.91 bits per heavy atom. The van der Waals surface area contributed by atoms with Crippen molar-refractivity contribution in [1.82, 2.24) is 0 Å². The van der Waals surface area contributed by atoms with Gasteiger partial charge in [0.15, 0.2) is 11.5 Å². The number of nitrogens with zero attached hydrogens (tertiary/aromatic N) is 1. The average Bonchev–Trinajstić information content (AvgIpc) is 2.48. The zero-order valence-electron chi connectivity index (χ0n) is 12.8. The van der Waals surface area contributed by atoms with E-state index < -0.39 is 5.97 Å². The molecule has 0 aromatic heterocycles. The summed E-state index contributed by atoms with van der Waals surface area (Å²) in [4.78, 5) is 11.7. The van der Waals surface area contributed by atoms with Gasteiger partial charge in [-0.1, -0.05) is 0 Å². The van der Waals surface area contributed by atoms with Gasteiger partial charge in [-0.2, -0.15) is 5.26 Å². The largest absolute Gasteiger partial charge is 0.490 e. The second kappa shape index (κ2) is 9.11. The number of esters is 1. The minimum atomic E-state index is -0.645. The first kappa shape index (κ1) is 18.1. The van der Waals surface area contributed by atoms with Crippen molar-refractivity contribution in [2.45, 2.75) is 20.8 Å². The monoisotopic (exact) mass is 367 g/mol. The van der Waals surface area contributed by atoms with Gasteiger partial charge in [0.2, 0.25) is 0 Å². The molecular formula is C16H18BrNO4. The highest BCUT2D eigenvalue weighted by atomic mass is 79.9. The molecule has 0 aliphatic carbocycles. The normalized spacial score (nSPS) is 10.8. The predicted molar refractivity (Wildman–Crippen MR) is 86.7 cm³/mol. The molecule has 118 valence electrons. The maximum Gasteiger partial charge on any atom is 0.348 e. The zero-order chi connectivity index (χ0) is 16.5. The van der Waals surface area contributed by atoms with Gasteiger partial charge in [0.1, 0.15) is 11.6 Å². The SMILES string of the molecule is CCOC(=O)C(C#N)=Cc1cc(Br)c(OCC)c(OCC)c1. The molecule has 0 bridgehead atoms. The first-order valence-electron chi connectivity index (χ1n) is 6.95. The van der Waals surface area contributed by atoms with E-state index in [1.54, 1.807) is 19.1 Å². The molecule has 0 unspecified atom stereocenters. The van der Waals surface area contributed by atoms with E-state index in [2.05, 4.69) is 15.9 Å². The lowest BCUT2D eigenvalue weighted by atomic mass is 10.1. The zero-order valence-corrected chi connectivity index (χ0v) is 14.4. The number of ether oxygens (including phenoxy) is 3. The lowest BCUT2D eigenvalue weighted by Crippen LogP contribution is -2.06. The maximum absolute atomic E-state index is 11.7. The second-order valence-corrected chi connectivity index (χ2v) is 4.94. The Bertz CT molecular complexity index is 605. The summed E-state index contributed by atoms with van der Waals surface area (Å²) in [6.45, 7) is 6.63. The standard InChI is InChI=1S/C16H18BrNO4/c1-4-20-14-9-11(8-13(17)15(14)21-5-2)7-12(10-18)16(19)22-6-3/h7-9H,4-6H2,1-3H3. The second-order valence-electron chi connectivity index (χ2n) is 4.09. The van der Waals surface area contributed by atoms with E-state index in [9.17, 15) is 4.79 Å². The van der Waals surface area contributed by atoms with E-state index >= 15 is 0 Å². The van der Waals surface area contributed by atoms with E-state index in [0.29, 0.717) is 34.7 Å². The Morgan fingerprint density at radius 1 is 1.23 bits per heavy atom. The molecule has 0 aliphatic heterocycles. The Balaban J connectivity index is 3.25. The molecule has 1 aromatic carbocycles. The highest BCUT2D eigenvalue weighted by Gasteiger charge is 2.14. The number of hydrogen-bond acceptors (Lipinski definition) is 5. The van der Waals surface area contributed by atoms with E-state index in [1.807, 2.05) is 19.9 Å². The fourth-order valence-corrected chi connectivity index (χ4v) is 2.31. The van der Waals surface area contributed by atoms with Gasteiger partial charge in [-0.3, -0.25) is 0 Å². The van der Waals surface area contributed by atoms with E-state index in [1.165, 1.54) is 6.08 Å². The van der Waals surface area contributed by atoms with Crippen LogP contribution < -0.4 is 9.47 Å². The van der Waals surface area contributed by atoms with Crippen molar-refractivity contribution in [3.05, 3.63) is 27.7 Å². The molecule has 22 heavy (non-hydrogen) atoms. The van der Waals surface area contributed by atoms with Crippen LogP contribution in [0.2, 0.25) is 0 Å². The van der Waals surface area contributed by atoms with Gasteiger partial charge in [-0.25, -0.2) is 4.79 Å². The van der Waals surface area contributed by atoms with Gasteiger partial charge in [-0.05, 0) is 60.5 Å². The number of rotatable bonds is 7. The Morgan fingerprint density at radius 3 is 2.45 bits per heavy atom. The lowest BCUT2D eigenvalue weighted by Gasteiger charge is -2.13. The van der Waals surface area contributed by atoms with Gasteiger partial charge in [0.05, 0.1) is 24.3 Å². The van der Waals surface area contributed by atoms with Crippen LogP contribution in [0.5, 0.6) is 11.5 Å². The molecule has 6 heteroatoms. The Hall–Kier alpha value is -2.00. The van der Waals surface area contributed by atoms with Gasteiger partial charge < -0.3 is 14.2 Å². The quantitative estimate of drug-likeness (QED) is 0.417. The number of halogens is 1. The van der Waals surface area contributed by atoms with Crippen LogP contribution in [0.3, 0.4) is 0 Å². The minimum absolute atomic E-state index is 0.0691. The summed E-state index contributed by atoms with van der Waals surface area (Å²) in [6.07, 6.45) is 1.46. The number of nitriles is 1. The van der Waals surface area contributed by atoms with E-state index in [-0.39, 0.29) is 12.2 Å². The van der Waals surface area contributed by atoms with Gasteiger partial charge in [0.25, 0.3) is 0 Å². The molecule has 0 N–H and O–H groups in total. The smallest absolute Gasteiger partial charge is 0.348 e. The molecule has 0 heterocycles. The van der Waals surface area contributed by atoms with Crippen molar-refractivity contribution in [2.24, 2.45) is 0 Å². The summed E-state index contributed by atoms with van der Waals surface area (Å²) in [7, 11) is 0. The summed E-state index contributed by atoms with van der Waals surface area (Å²) < 4.78 is 16.6. The van der Waals surface area contributed by atoms with Crippen LogP contribution in [-0.2, 0) is 9.53 Å². The van der Waals surface area contributed by atoms with Crippen LogP contribution in [0.25, 0.3) is 6.08 Å².